The SMILES string of the molecule is CNc1cc(COc2ccc(C)cc2)ccn1. The first-order valence-electron chi connectivity index (χ1n) is 5.60. The standard InChI is InChI=1S/C14H16N2O/c1-11-3-5-13(6-4-11)17-10-12-7-8-16-14(9-12)15-2/h3-9H,10H2,1-2H3,(H,15,16). The molecule has 0 unspecified atom stereocenters. The van der Waals surface area contributed by atoms with Gasteiger partial charge < -0.3 is 10.1 Å². The van der Waals surface area contributed by atoms with Gasteiger partial charge in [0.1, 0.15) is 18.2 Å². The zero-order valence-electron chi connectivity index (χ0n) is 10.1. The molecule has 0 fully saturated rings. The van der Waals surface area contributed by atoms with Crippen molar-refractivity contribution in [2.45, 2.75) is 13.5 Å². The molecule has 1 heterocycles. The van der Waals surface area contributed by atoms with E-state index in [4.69, 9.17) is 4.74 Å². The number of nitrogens with one attached hydrogen (secondary N) is 1. The second-order valence-electron chi connectivity index (χ2n) is 3.90. The van der Waals surface area contributed by atoms with E-state index in [9.17, 15) is 0 Å². The molecule has 0 radical (unpaired) electrons. The molecule has 3 nitrogen and oxygen atoms in total. The number of nitrogens with zero attached hydrogens (tertiary/aromatic N) is 1. The maximum Gasteiger partial charge on any atom is 0.126 e. The molecule has 3 heteroatoms. The van der Waals surface area contributed by atoms with Crippen LogP contribution < -0.4 is 10.1 Å². The van der Waals surface area contributed by atoms with Crippen molar-refractivity contribution in [2.75, 3.05) is 12.4 Å². The van der Waals surface area contributed by atoms with E-state index in [-0.39, 0.29) is 0 Å². The smallest absolute Gasteiger partial charge is 0.126 e. The molecule has 17 heavy (non-hydrogen) atoms. The molecule has 2 aromatic rings. The molecule has 0 spiro atoms. The Morgan fingerprint density at radius 2 is 1.94 bits per heavy atom. The first-order chi connectivity index (χ1) is 8.28. The normalized spacial score (nSPS) is 10.0. The second kappa shape index (κ2) is 5.34. The lowest BCUT2D eigenvalue weighted by Crippen LogP contribution is -1.98. The molecular weight excluding hydrogens is 212 g/mol. The van der Waals surface area contributed by atoms with Crippen molar-refractivity contribution in [3.05, 3.63) is 53.7 Å². The van der Waals surface area contributed by atoms with Gasteiger partial charge in [-0.3, -0.25) is 0 Å². The minimum atomic E-state index is 0.556. The van der Waals surface area contributed by atoms with Crippen molar-refractivity contribution in [2.24, 2.45) is 0 Å². The maximum atomic E-state index is 5.69. The number of aryl methyl sites for hydroxylation is 1. The summed E-state index contributed by atoms with van der Waals surface area (Å²) in [5.74, 6) is 1.74. The van der Waals surface area contributed by atoms with Crippen molar-refractivity contribution in [3.63, 3.8) is 0 Å². The Morgan fingerprint density at radius 1 is 1.18 bits per heavy atom. The fourth-order valence-corrected chi connectivity index (χ4v) is 1.50. The lowest BCUT2D eigenvalue weighted by molar-refractivity contribution is 0.306. The third-order valence-corrected chi connectivity index (χ3v) is 2.51. The second-order valence-corrected chi connectivity index (χ2v) is 3.90. The lowest BCUT2D eigenvalue weighted by atomic mass is 10.2. The topological polar surface area (TPSA) is 34.1 Å². The van der Waals surface area contributed by atoms with Crippen LogP contribution in [0.15, 0.2) is 42.6 Å². The predicted octanol–water partition coefficient (Wildman–Crippen LogP) is 3.01. The van der Waals surface area contributed by atoms with Crippen LogP contribution >= 0.6 is 0 Å². The van der Waals surface area contributed by atoms with Gasteiger partial charge in [-0.2, -0.15) is 0 Å². The van der Waals surface area contributed by atoms with E-state index in [1.54, 1.807) is 6.20 Å². The van der Waals surface area contributed by atoms with Crippen LogP contribution in [0.3, 0.4) is 0 Å². The van der Waals surface area contributed by atoms with Crippen LogP contribution in [-0.4, -0.2) is 12.0 Å². The summed E-state index contributed by atoms with van der Waals surface area (Å²) in [7, 11) is 1.85. The van der Waals surface area contributed by atoms with E-state index in [0.717, 1.165) is 17.1 Å². The summed E-state index contributed by atoms with van der Waals surface area (Å²) in [4.78, 5) is 4.16. The molecule has 0 aliphatic carbocycles. The average molecular weight is 228 g/mol. The van der Waals surface area contributed by atoms with Crippen LogP contribution in [0.1, 0.15) is 11.1 Å². The molecule has 0 bridgehead atoms. The molecule has 0 amide bonds. The Balaban J connectivity index is 1.99. The van der Waals surface area contributed by atoms with Crippen molar-refractivity contribution in [3.8, 4) is 5.75 Å². The molecular formula is C14H16N2O. The van der Waals surface area contributed by atoms with Gasteiger partial charge in [-0.25, -0.2) is 4.98 Å². The molecule has 1 aromatic heterocycles. The van der Waals surface area contributed by atoms with Gasteiger partial charge in [0.15, 0.2) is 0 Å². The third kappa shape index (κ3) is 3.21. The largest absolute Gasteiger partial charge is 0.489 e. The van der Waals surface area contributed by atoms with Crippen LogP contribution in [0, 0.1) is 6.92 Å². The fraction of sp³-hybridized carbons (Fsp3) is 0.214. The van der Waals surface area contributed by atoms with Crippen molar-refractivity contribution < 1.29 is 4.74 Å². The van der Waals surface area contributed by atoms with Gasteiger partial charge >= 0.3 is 0 Å². The summed E-state index contributed by atoms with van der Waals surface area (Å²) in [5.41, 5.74) is 2.34. The van der Waals surface area contributed by atoms with Gasteiger partial charge in [-0.15, -0.1) is 0 Å². The monoisotopic (exact) mass is 228 g/mol. The Bertz CT molecular complexity index is 480. The van der Waals surface area contributed by atoms with E-state index in [1.165, 1.54) is 5.56 Å². The molecule has 2 rings (SSSR count). The molecule has 1 aromatic carbocycles. The Morgan fingerprint density at radius 3 is 2.65 bits per heavy atom. The third-order valence-electron chi connectivity index (χ3n) is 2.51. The molecule has 0 saturated heterocycles. The number of anilines is 1. The van der Waals surface area contributed by atoms with Crippen LogP contribution in [0.4, 0.5) is 5.82 Å². The zero-order valence-corrected chi connectivity index (χ0v) is 10.1. The molecule has 0 saturated carbocycles. The molecule has 0 atom stereocenters. The Hall–Kier alpha value is -2.03. The highest BCUT2D eigenvalue weighted by atomic mass is 16.5. The first-order valence-corrected chi connectivity index (χ1v) is 5.60. The minimum Gasteiger partial charge on any atom is -0.489 e. The summed E-state index contributed by atoms with van der Waals surface area (Å²) >= 11 is 0. The number of hydrogen-bond acceptors (Lipinski definition) is 3. The fourth-order valence-electron chi connectivity index (χ4n) is 1.50. The quantitative estimate of drug-likeness (QED) is 0.873. The predicted molar refractivity (Wildman–Crippen MR) is 69.3 cm³/mol. The van der Waals surface area contributed by atoms with E-state index < -0.39 is 0 Å². The van der Waals surface area contributed by atoms with Crippen LogP contribution in [0.5, 0.6) is 5.75 Å². The Labute approximate surface area is 101 Å². The number of aromatic nitrogens is 1. The van der Waals surface area contributed by atoms with Gasteiger partial charge in [0.05, 0.1) is 0 Å². The Kier molecular flexibility index (Phi) is 3.60. The summed E-state index contributed by atoms with van der Waals surface area (Å²) in [6, 6.07) is 12.0. The average Bonchev–Trinajstić information content (AvgIpc) is 2.38. The van der Waals surface area contributed by atoms with Gasteiger partial charge in [0.2, 0.25) is 0 Å². The number of pyridine rings is 1. The molecule has 1 N–H and O–H groups in total. The van der Waals surface area contributed by atoms with Crippen molar-refractivity contribution in [1.29, 1.82) is 0 Å². The van der Waals surface area contributed by atoms with E-state index in [0.29, 0.717) is 6.61 Å². The molecule has 0 aliphatic rings. The van der Waals surface area contributed by atoms with Crippen LogP contribution in [0.25, 0.3) is 0 Å². The number of benzene rings is 1. The van der Waals surface area contributed by atoms with Gasteiger partial charge in [0.25, 0.3) is 0 Å². The highest BCUT2D eigenvalue weighted by molar-refractivity contribution is 5.36. The number of ether oxygens (including phenoxy) is 1. The maximum absolute atomic E-state index is 5.69. The minimum absolute atomic E-state index is 0.556. The first kappa shape index (κ1) is 11.5. The molecule has 88 valence electrons. The van der Waals surface area contributed by atoms with Crippen molar-refractivity contribution in [1.82, 2.24) is 4.98 Å². The van der Waals surface area contributed by atoms with Crippen LogP contribution in [0.2, 0.25) is 0 Å². The highest BCUT2D eigenvalue weighted by Crippen LogP contribution is 2.14. The van der Waals surface area contributed by atoms with E-state index in [1.807, 2.05) is 43.4 Å². The summed E-state index contributed by atoms with van der Waals surface area (Å²) < 4.78 is 5.69. The highest BCUT2D eigenvalue weighted by Gasteiger charge is 1.97. The van der Waals surface area contributed by atoms with Gasteiger partial charge in [0, 0.05) is 13.2 Å². The molecule has 0 aliphatic heterocycles. The summed E-state index contributed by atoms with van der Waals surface area (Å²) in [6.07, 6.45) is 1.78. The van der Waals surface area contributed by atoms with Crippen molar-refractivity contribution >= 4 is 5.82 Å². The number of hydrogen-bond donors (Lipinski definition) is 1. The van der Waals surface area contributed by atoms with E-state index in [2.05, 4.69) is 17.2 Å². The number of rotatable bonds is 4. The van der Waals surface area contributed by atoms with Crippen LogP contribution in [-0.2, 0) is 6.61 Å². The van der Waals surface area contributed by atoms with Gasteiger partial charge in [-0.05, 0) is 36.8 Å². The lowest BCUT2D eigenvalue weighted by Gasteiger charge is -2.07. The zero-order chi connectivity index (χ0) is 12.1. The van der Waals surface area contributed by atoms with E-state index >= 15 is 0 Å². The summed E-state index contributed by atoms with van der Waals surface area (Å²) in [6.45, 7) is 2.62. The van der Waals surface area contributed by atoms with Gasteiger partial charge in [-0.1, -0.05) is 17.7 Å². The summed E-state index contributed by atoms with van der Waals surface area (Å²) in [5, 5.41) is 3.01.